The number of esters is 1. The third-order valence-electron chi connectivity index (χ3n) is 4.43. The SMILES string of the molecule is Cc1ccc(C(=O)COC(=O)CCc2c(C)nn(C)c2C)cc1C. The topological polar surface area (TPSA) is 61.2 Å². The molecule has 5 nitrogen and oxygen atoms in total. The molecular weight excluding hydrogens is 304 g/mol. The lowest BCUT2D eigenvalue weighted by molar-refractivity contribution is -0.142. The zero-order valence-corrected chi connectivity index (χ0v) is 15.0. The van der Waals surface area contributed by atoms with E-state index < -0.39 is 0 Å². The Bertz CT molecular complexity index is 775. The molecule has 128 valence electrons. The molecule has 0 bridgehead atoms. The molecule has 24 heavy (non-hydrogen) atoms. The fraction of sp³-hybridized carbons (Fsp3) is 0.421. The lowest BCUT2D eigenvalue weighted by Gasteiger charge is -2.07. The highest BCUT2D eigenvalue weighted by Crippen LogP contribution is 2.15. The lowest BCUT2D eigenvalue weighted by atomic mass is 10.0. The van der Waals surface area contributed by atoms with Crippen LogP contribution in [0.15, 0.2) is 18.2 Å². The predicted molar refractivity (Wildman–Crippen MR) is 92.2 cm³/mol. The molecule has 2 aromatic rings. The van der Waals surface area contributed by atoms with Gasteiger partial charge in [0.05, 0.1) is 5.69 Å². The zero-order valence-electron chi connectivity index (χ0n) is 15.0. The Balaban J connectivity index is 1.86. The molecule has 1 aromatic carbocycles. The van der Waals surface area contributed by atoms with Gasteiger partial charge in [-0.3, -0.25) is 14.3 Å². The van der Waals surface area contributed by atoms with Gasteiger partial charge in [-0.2, -0.15) is 5.10 Å². The molecule has 0 spiro atoms. The maximum Gasteiger partial charge on any atom is 0.306 e. The van der Waals surface area contributed by atoms with Crippen LogP contribution in [0.4, 0.5) is 0 Å². The number of carbonyl (C=O) groups excluding carboxylic acids is 2. The van der Waals surface area contributed by atoms with Gasteiger partial charge in [0.25, 0.3) is 0 Å². The summed E-state index contributed by atoms with van der Waals surface area (Å²) in [6.07, 6.45) is 0.815. The van der Waals surface area contributed by atoms with E-state index in [-0.39, 0.29) is 24.8 Å². The third kappa shape index (κ3) is 4.10. The number of ketones is 1. The van der Waals surface area contributed by atoms with Crippen LogP contribution in [0.2, 0.25) is 0 Å². The molecule has 5 heteroatoms. The highest BCUT2D eigenvalue weighted by molar-refractivity contribution is 5.98. The molecule has 0 aliphatic carbocycles. The lowest BCUT2D eigenvalue weighted by Crippen LogP contribution is -2.15. The summed E-state index contributed by atoms with van der Waals surface area (Å²) in [6, 6.07) is 5.49. The summed E-state index contributed by atoms with van der Waals surface area (Å²) in [4.78, 5) is 24.0. The molecule has 1 aromatic heterocycles. The van der Waals surface area contributed by atoms with E-state index in [4.69, 9.17) is 4.74 Å². The molecular formula is C19H24N2O3. The van der Waals surface area contributed by atoms with E-state index in [0.717, 1.165) is 28.1 Å². The summed E-state index contributed by atoms with van der Waals surface area (Å²) in [5, 5.41) is 4.33. The fourth-order valence-electron chi connectivity index (χ4n) is 2.62. The van der Waals surface area contributed by atoms with Crippen LogP contribution in [0.5, 0.6) is 0 Å². The van der Waals surface area contributed by atoms with E-state index in [1.807, 2.05) is 46.9 Å². The number of benzene rings is 1. The van der Waals surface area contributed by atoms with Crippen molar-refractivity contribution >= 4 is 11.8 Å². The molecule has 2 rings (SSSR count). The number of carbonyl (C=O) groups is 2. The minimum Gasteiger partial charge on any atom is -0.457 e. The van der Waals surface area contributed by atoms with Gasteiger partial charge in [0.1, 0.15) is 0 Å². The summed E-state index contributed by atoms with van der Waals surface area (Å²) in [7, 11) is 1.88. The second-order valence-corrected chi connectivity index (χ2v) is 6.16. The van der Waals surface area contributed by atoms with Crippen LogP contribution < -0.4 is 0 Å². The molecule has 0 aliphatic rings. The van der Waals surface area contributed by atoms with E-state index in [1.165, 1.54) is 0 Å². The molecule has 0 amide bonds. The Hall–Kier alpha value is -2.43. The zero-order chi connectivity index (χ0) is 17.9. The summed E-state index contributed by atoms with van der Waals surface area (Å²) >= 11 is 0. The van der Waals surface area contributed by atoms with Crippen molar-refractivity contribution in [3.05, 3.63) is 51.8 Å². The van der Waals surface area contributed by atoms with Gasteiger partial charge in [0.15, 0.2) is 12.4 Å². The molecule has 0 fully saturated rings. The number of aromatic nitrogens is 2. The van der Waals surface area contributed by atoms with E-state index >= 15 is 0 Å². The maximum atomic E-state index is 12.1. The Labute approximate surface area is 142 Å². The van der Waals surface area contributed by atoms with Crippen LogP contribution in [-0.4, -0.2) is 28.1 Å². The number of aryl methyl sites for hydroxylation is 4. The molecule has 0 unspecified atom stereocenters. The Morgan fingerprint density at radius 1 is 1.12 bits per heavy atom. The van der Waals surface area contributed by atoms with Crippen molar-refractivity contribution in [1.82, 2.24) is 9.78 Å². The minimum atomic E-state index is -0.366. The maximum absolute atomic E-state index is 12.1. The molecule has 0 saturated heterocycles. The van der Waals surface area contributed by atoms with Crippen LogP contribution in [-0.2, 0) is 23.0 Å². The van der Waals surface area contributed by atoms with Gasteiger partial charge in [-0.25, -0.2) is 0 Å². The van der Waals surface area contributed by atoms with Crippen LogP contribution in [0, 0.1) is 27.7 Å². The average molecular weight is 328 g/mol. The van der Waals surface area contributed by atoms with E-state index in [0.29, 0.717) is 12.0 Å². The fourth-order valence-corrected chi connectivity index (χ4v) is 2.62. The van der Waals surface area contributed by atoms with Crippen molar-refractivity contribution < 1.29 is 14.3 Å². The molecule has 0 N–H and O–H groups in total. The van der Waals surface area contributed by atoms with E-state index in [9.17, 15) is 9.59 Å². The van der Waals surface area contributed by atoms with E-state index in [1.54, 1.807) is 10.7 Å². The van der Waals surface area contributed by atoms with E-state index in [2.05, 4.69) is 5.10 Å². The average Bonchev–Trinajstić information content (AvgIpc) is 2.78. The predicted octanol–water partition coefficient (Wildman–Crippen LogP) is 3.01. The molecule has 0 saturated carbocycles. The third-order valence-corrected chi connectivity index (χ3v) is 4.43. The highest BCUT2D eigenvalue weighted by Gasteiger charge is 2.14. The first kappa shape index (κ1) is 17.9. The largest absolute Gasteiger partial charge is 0.457 e. The first-order valence-corrected chi connectivity index (χ1v) is 8.04. The summed E-state index contributed by atoms with van der Waals surface area (Å²) < 4.78 is 6.93. The van der Waals surface area contributed by atoms with Crippen molar-refractivity contribution in [2.45, 2.75) is 40.5 Å². The van der Waals surface area contributed by atoms with Crippen LogP contribution in [0.25, 0.3) is 0 Å². The van der Waals surface area contributed by atoms with Gasteiger partial charge in [-0.1, -0.05) is 12.1 Å². The number of hydrogen-bond acceptors (Lipinski definition) is 4. The van der Waals surface area contributed by atoms with Gasteiger partial charge in [-0.05, 0) is 56.9 Å². The second-order valence-electron chi connectivity index (χ2n) is 6.16. The smallest absolute Gasteiger partial charge is 0.306 e. The second kappa shape index (κ2) is 7.43. The van der Waals surface area contributed by atoms with Crippen molar-refractivity contribution in [3.8, 4) is 0 Å². The number of Topliss-reactive ketones (excluding diaryl/α,β-unsaturated/α-hetero) is 1. The minimum absolute atomic E-state index is 0.180. The molecule has 1 heterocycles. The van der Waals surface area contributed by atoms with Crippen molar-refractivity contribution in [2.24, 2.45) is 7.05 Å². The van der Waals surface area contributed by atoms with Crippen molar-refractivity contribution in [3.63, 3.8) is 0 Å². The number of ether oxygens (including phenoxy) is 1. The standard InChI is InChI=1S/C19H24N2O3/c1-12-6-7-16(10-13(12)2)18(22)11-24-19(23)9-8-17-14(3)20-21(5)15(17)4/h6-7,10H,8-9,11H2,1-5H3. The van der Waals surface area contributed by atoms with Crippen LogP contribution in [0.1, 0.15) is 44.9 Å². The Morgan fingerprint density at radius 3 is 2.42 bits per heavy atom. The van der Waals surface area contributed by atoms with Gasteiger partial charge in [0, 0.05) is 24.7 Å². The van der Waals surface area contributed by atoms with Crippen molar-refractivity contribution in [2.75, 3.05) is 6.61 Å². The normalized spacial score (nSPS) is 10.7. The van der Waals surface area contributed by atoms with Crippen molar-refractivity contribution in [1.29, 1.82) is 0 Å². The number of hydrogen-bond donors (Lipinski definition) is 0. The number of nitrogens with zero attached hydrogens (tertiary/aromatic N) is 2. The summed E-state index contributed by atoms with van der Waals surface area (Å²) in [5.74, 6) is -0.546. The Kier molecular flexibility index (Phi) is 5.54. The first-order chi connectivity index (χ1) is 11.3. The quantitative estimate of drug-likeness (QED) is 0.604. The van der Waals surface area contributed by atoms with Crippen LogP contribution in [0.3, 0.4) is 0 Å². The first-order valence-electron chi connectivity index (χ1n) is 8.04. The van der Waals surface area contributed by atoms with Gasteiger partial charge >= 0.3 is 5.97 Å². The summed E-state index contributed by atoms with van der Waals surface area (Å²) in [5.41, 5.74) is 5.79. The molecule has 0 atom stereocenters. The van der Waals surface area contributed by atoms with Crippen LogP contribution >= 0.6 is 0 Å². The van der Waals surface area contributed by atoms with Gasteiger partial charge in [-0.15, -0.1) is 0 Å². The monoisotopic (exact) mass is 328 g/mol. The Morgan fingerprint density at radius 2 is 1.83 bits per heavy atom. The highest BCUT2D eigenvalue weighted by atomic mass is 16.5. The van der Waals surface area contributed by atoms with Gasteiger partial charge < -0.3 is 4.74 Å². The van der Waals surface area contributed by atoms with Gasteiger partial charge in [0.2, 0.25) is 0 Å². The molecule has 0 radical (unpaired) electrons. The summed E-state index contributed by atoms with van der Waals surface area (Å²) in [6.45, 7) is 7.63. The molecule has 0 aliphatic heterocycles. The number of rotatable bonds is 6.